The summed E-state index contributed by atoms with van der Waals surface area (Å²) in [6.07, 6.45) is 1.87. The van der Waals surface area contributed by atoms with Crippen LogP contribution < -0.4 is 5.32 Å². The fourth-order valence-corrected chi connectivity index (χ4v) is 2.43. The molecule has 1 N–H and O–H groups in total. The van der Waals surface area contributed by atoms with Gasteiger partial charge in [-0.2, -0.15) is 0 Å². The van der Waals surface area contributed by atoms with Crippen LogP contribution in [0.15, 0.2) is 28.9 Å². The Bertz CT molecular complexity index is 587. The lowest BCUT2D eigenvalue weighted by Gasteiger charge is -2.09. The Balaban J connectivity index is 2.27. The first-order valence-electron chi connectivity index (χ1n) is 6.15. The number of hydrogen-bond acceptors (Lipinski definition) is 3. The first-order valence-corrected chi connectivity index (χ1v) is 7.32. The number of halogens is 2. The van der Waals surface area contributed by atoms with Crippen molar-refractivity contribution >= 4 is 39.0 Å². The van der Waals surface area contributed by atoms with Crippen LogP contribution in [0, 0.1) is 6.92 Å². The predicted molar refractivity (Wildman–Crippen MR) is 83.2 cm³/mol. The smallest absolute Gasteiger partial charge is 0.135 e. The lowest BCUT2D eigenvalue weighted by atomic mass is 10.2. The molecule has 5 heteroatoms. The van der Waals surface area contributed by atoms with Crippen molar-refractivity contribution in [1.29, 1.82) is 0 Å². The van der Waals surface area contributed by atoms with Gasteiger partial charge in [0.1, 0.15) is 16.2 Å². The predicted octanol–water partition coefficient (Wildman–Crippen LogP) is 4.90. The molecule has 0 spiro atoms. The van der Waals surface area contributed by atoms with Crippen molar-refractivity contribution in [3.63, 3.8) is 0 Å². The quantitative estimate of drug-likeness (QED) is 0.805. The van der Waals surface area contributed by atoms with E-state index in [-0.39, 0.29) is 0 Å². The molecule has 100 valence electrons. The summed E-state index contributed by atoms with van der Waals surface area (Å²) in [7, 11) is 0. The largest absolute Gasteiger partial charge is 0.339 e. The first kappa shape index (κ1) is 14.3. The van der Waals surface area contributed by atoms with Crippen LogP contribution in [0.4, 0.5) is 11.5 Å². The molecule has 0 amide bonds. The van der Waals surface area contributed by atoms with Gasteiger partial charge in [-0.15, -0.1) is 0 Å². The van der Waals surface area contributed by atoms with Gasteiger partial charge in [-0.3, -0.25) is 0 Å². The van der Waals surface area contributed by atoms with Crippen molar-refractivity contribution in [2.75, 3.05) is 5.32 Å². The zero-order valence-electron chi connectivity index (χ0n) is 10.9. The van der Waals surface area contributed by atoms with Gasteiger partial charge in [0.2, 0.25) is 0 Å². The second kappa shape index (κ2) is 6.35. The summed E-state index contributed by atoms with van der Waals surface area (Å²) in [6, 6.07) is 7.73. The van der Waals surface area contributed by atoms with Crippen molar-refractivity contribution in [2.45, 2.75) is 26.7 Å². The number of nitrogens with zero attached hydrogens (tertiary/aromatic N) is 2. The van der Waals surface area contributed by atoms with Gasteiger partial charge in [0.05, 0.1) is 10.7 Å². The van der Waals surface area contributed by atoms with Crippen LogP contribution in [-0.4, -0.2) is 9.97 Å². The normalized spacial score (nSPS) is 10.5. The molecule has 1 heterocycles. The van der Waals surface area contributed by atoms with Crippen molar-refractivity contribution < 1.29 is 0 Å². The Labute approximate surface area is 126 Å². The van der Waals surface area contributed by atoms with E-state index in [2.05, 4.69) is 38.1 Å². The lowest BCUT2D eigenvalue weighted by molar-refractivity contribution is 0.831. The molecule has 0 bridgehead atoms. The summed E-state index contributed by atoms with van der Waals surface area (Å²) in [5.74, 6) is 1.57. The third-order valence-electron chi connectivity index (χ3n) is 2.60. The summed E-state index contributed by atoms with van der Waals surface area (Å²) < 4.78 is 0.775. The number of anilines is 2. The molecule has 2 rings (SSSR count). The molecular formula is C14H15BrClN3. The van der Waals surface area contributed by atoms with Gasteiger partial charge < -0.3 is 5.32 Å². The molecule has 0 aliphatic heterocycles. The monoisotopic (exact) mass is 339 g/mol. The van der Waals surface area contributed by atoms with E-state index in [9.17, 15) is 0 Å². The molecule has 3 nitrogen and oxygen atoms in total. The fraction of sp³-hybridized carbons (Fsp3) is 0.286. The molecule has 0 atom stereocenters. The van der Waals surface area contributed by atoms with Crippen LogP contribution in [0.5, 0.6) is 0 Å². The third-order valence-corrected chi connectivity index (χ3v) is 3.32. The molecule has 2 aromatic rings. The molecule has 0 aliphatic carbocycles. The van der Waals surface area contributed by atoms with Gasteiger partial charge in [-0.1, -0.05) is 24.6 Å². The summed E-state index contributed by atoms with van der Waals surface area (Å²) in [4.78, 5) is 8.81. The summed E-state index contributed by atoms with van der Waals surface area (Å²) in [6.45, 7) is 4.12. The minimum absolute atomic E-state index is 0.687. The zero-order valence-corrected chi connectivity index (χ0v) is 13.2. The molecule has 0 radical (unpaired) electrons. The summed E-state index contributed by atoms with van der Waals surface area (Å²) >= 11 is 9.60. The second-order valence-electron chi connectivity index (χ2n) is 4.35. The van der Waals surface area contributed by atoms with E-state index in [1.54, 1.807) is 0 Å². The average Bonchev–Trinajstić information content (AvgIpc) is 2.32. The van der Waals surface area contributed by atoms with E-state index < -0.39 is 0 Å². The van der Waals surface area contributed by atoms with Crippen LogP contribution in [0.2, 0.25) is 5.02 Å². The minimum Gasteiger partial charge on any atom is -0.339 e. The standard InChI is InChI=1S/C14H15BrClN3/c1-3-4-13-18-12(15)8-14(19-13)17-11-6-5-9(2)7-10(11)16/h5-8H,3-4H2,1-2H3,(H,17,18,19). The highest BCUT2D eigenvalue weighted by Crippen LogP contribution is 2.26. The zero-order chi connectivity index (χ0) is 13.8. The molecule has 1 aromatic carbocycles. The molecule has 19 heavy (non-hydrogen) atoms. The van der Waals surface area contributed by atoms with Crippen LogP contribution >= 0.6 is 27.5 Å². The Morgan fingerprint density at radius 3 is 2.74 bits per heavy atom. The van der Waals surface area contributed by atoms with Crippen molar-refractivity contribution in [1.82, 2.24) is 9.97 Å². The first-order chi connectivity index (χ1) is 9.08. The number of aryl methyl sites for hydroxylation is 2. The number of aromatic nitrogens is 2. The summed E-state index contributed by atoms with van der Waals surface area (Å²) in [5.41, 5.74) is 1.98. The Morgan fingerprint density at radius 2 is 2.05 bits per heavy atom. The van der Waals surface area contributed by atoms with Gasteiger partial charge in [-0.25, -0.2) is 9.97 Å². The maximum atomic E-state index is 6.20. The van der Waals surface area contributed by atoms with Gasteiger partial charge in [0.15, 0.2) is 0 Å². The molecular weight excluding hydrogens is 326 g/mol. The molecule has 0 unspecified atom stereocenters. The topological polar surface area (TPSA) is 37.8 Å². The van der Waals surface area contributed by atoms with Crippen LogP contribution in [0.1, 0.15) is 24.7 Å². The van der Waals surface area contributed by atoms with Gasteiger partial charge >= 0.3 is 0 Å². The molecule has 0 aliphatic rings. The maximum Gasteiger partial charge on any atom is 0.135 e. The maximum absolute atomic E-state index is 6.20. The second-order valence-corrected chi connectivity index (χ2v) is 5.57. The molecule has 1 aromatic heterocycles. The van der Waals surface area contributed by atoms with E-state index in [0.29, 0.717) is 5.02 Å². The van der Waals surface area contributed by atoms with E-state index in [0.717, 1.165) is 40.3 Å². The Morgan fingerprint density at radius 1 is 1.26 bits per heavy atom. The Hall–Kier alpha value is -1.13. The lowest BCUT2D eigenvalue weighted by Crippen LogP contribution is -2.01. The average molecular weight is 341 g/mol. The highest BCUT2D eigenvalue weighted by Gasteiger charge is 2.05. The minimum atomic E-state index is 0.687. The molecule has 0 saturated carbocycles. The van der Waals surface area contributed by atoms with E-state index >= 15 is 0 Å². The SMILES string of the molecule is CCCc1nc(Br)cc(Nc2ccc(C)cc2Cl)n1. The van der Waals surface area contributed by atoms with Gasteiger partial charge in [0, 0.05) is 12.5 Å². The van der Waals surface area contributed by atoms with E-state index in [1.807, 2.05) is 31.2 Å². The van der Waals surface area contributed by atoms with E-state index in [1.165, 1.54) is 0 Å². The van der Waals surface area contributed by atoms with E-state index in [4.69, 9.17) is 11.6 Å². The van der Waals surface area contributed by atoms with Crippen LogP contribution in [0.25, 0.3) is 0 Å². The number of hydrogen-bond donors (Lipinski definition) is 1. The highest BCUT2D eigenvalue weighted by atomic mass is 79.9. The fourth-order valence-electron chi connectivity index (χ4n) is 1.72. The number of nitrogens with one attached hydrogen (secondary N) is 1. The van der Waals surface area contributed by atoms with Crippen molar-refractivity contribution in [2.24, 2.45) is 0 Å². The van der Waals surface area contributed by atoms with Crippen LogP contribution in [-0.2, 0) is 6.42 Å². The third kappa shape index (κ3) is 3.91. The van der Waals surface area contributed by atoms with Crippen LogP contribution in [0.3, 0.4) is 0 Å². The van der Waals surface area contributed by atoms with Gasteiger partial charge in [-0.05, 0) is 47.0 Å². The van der Waals surface area contributed by atoms with Crippen molar-refractivity contribution in [3.05, 3.63) is 45.3 Å². The number of rotatable bonds is 4. The number of benzene rings is 1. The molecule has 0 saturated heterocycles. The van der Waals surface area contributed by atoms with Gasteiger partial charge in [0.25, 0.3) is 0 Å². The summed E-state index contributed by atoms with van der Waals surface area (Å²) in [5, 5.41) is 3.91. The Kier molecular flexibility index (Phi) is 4.77. The van der Waals surface area contributed by atoms with Crippen molar-refractivity contribution in [3.8, 4) is 0 Å². The highest BCUT2D eigenvalue weighted by molar-refractivity contribution is 9.10. The molecule has 0 fully saturated rings.